The summed E-state index contributed by atoms with van der Waals surface area (Å²) in [6, 6.07) is 7.22. The van der Waals surface area contributed by atoms with E-state index >= 15 is 0 Å². The number of aromatic nitrogens is 3. The van der Waals surface area contributed by atoms with Gasteiger partial charge < -0.3 is 25.2 Å². The maximum atomic E-state index is 13.5. The normalized spacial score (nSPS) is 17.6. The van der Waals surface area contributed by atoms with Gasteiger partial charge >= 0.3 is 12.2 Å². The van der Waals surface area contributed by atoms with Crippen molar-refractivity contribution < 1.29 is 32.9 Å². The molecule has 4 heterocycles. The number of halogens is 3. The number of nitrogens with one attached hydrogen (secondary N) is 1. The fourth-order valence-corrected chi connectivity index (χ4v) is 4.52. The predicted octanol–water partition coefficient (Wildman–Crippen LogP) is 3.31. The van der Waals surface area contributed by atoms with Crippen molar-refractivity contribution in [1.82, 2.24) is 15.0 Å². The highest BCUT2D eigenvalue weighted by Gasteiger charge is 2.39. The standard InChI is InChI=1S/C25H25F3N6O4/c26-25(27,28)16-4-1-3-15(9-16)22-30-11-20-23(32-22)34(18-5-2-8-33(20)12-18)24(37)31-17-6-7-21(29-10-17)38-14-19(36)13-35/h1,3-4,6-7,9-11,18-19,35-36H,2,5,8,12-14H2,(H,31,37)/t18?,19-/m0/s1. The second-order valence-corrected chi connectivity index (χ2v) is 9.06. The molecule has 2 amide bonds. The Morgan fingerprint density at radius 2 is 2.05 bits per heavy atom. The highest BCUT2D eigenvalue weighted by molar-refractivity contribution is 6.04. The second kappa shape index (κ2) is 10.4. The Kier molecular flexibility index (Phi) is 7.04. The first-order valence-corrected chi connectivity index (χ1v) is 12.0. The lowest BCUT2D eigenvalue weighted by Gasteiger charge is -2.45. The van der Waals surface area contributed by atoms with Gasteiger partial charge in [0.15, 0.2) is 11.6 Å². The summed E-state index contributed by atoms with van der Waals surface area (Å²) in [6.45, 7) is 0.779. The Hall–Kier alpha value is -3.97. The molecule has 2 aliphatic rings. The first-order valence-electron chi connectivity index (χ1n) is 12.0. The van der Waals surface area contributed by atoms with Gasteiger partial charge in [0.1, 0.15) is 12.7 Å². The lowest BCUT2D eigenvalue weighted by Crippen LogP contribution is -2.56. The average molecular weight is 531 g/mol. The number of carbonyl (C=O) groups is 1. The number of carbonyl (C=O) groups excluding carboxylic acids is 1. The molecular formula is C25H25F3N6O4. The molecule has 0 saturated carbocycles. The third-order valence-corrected chi connectivity index (χ3v) is 6.37. The van der Waals surface area contributed by atoms with Crippen LogP contribution in [-0.4, -0.2) is 69.6 Å². The Morgan fingerprint density at radius 1 is 1.21 bits per heavy atom. The summed E-state index contributed by atoms with van der Waals surface area (Å²) in [5.74, 6) is 0.619. The van der Waals surface area contributed by atoms with Crippen LogP contribution in [0.1, 0.15) is 18.4 Å². The number of amides is 2. The number of benzene rings is 1. The molecule has 0 aliphatic carbocycles. The van der Waals surface area contributed by atoms with Gasteiger partial charge in [-0.3, -0.25) is 4.90 Å². The van der Waals surface area contributed by atoms with E-state index in [1.807, 2.05) is 0 Å². The number of aliphatic hydroxyl groups excluding tert-OH is 2. The summed E-state index contributed by atoms with van der Waals surface area (Å²) in [5, 5.41) is 21.1. The van der Waals surface area contributed by atoms with E-state index in [0.29, 0.717) is 23.7 Å². The summed E-state index contributed by atoms with van der Waals surface area (Å²) in [4.78, 5) is 30.1. The van der Waals surface area contributed by atoms with E-state index in [4.69, 9.17) is 9.84 Å². The van der Waals surface area contributed by atoms with E-state index < -0.39 is 30.5 Å². The maximum Gasteiger partial charge on any atom is 0.416 e. The van der Waals surface area contributed by atoms with Gasteiger partial charge in [0.05, 0.1) is 42.0 Å². The highest BCUT2D eigenvalue weighted by Crippen LogP contribution is 2.39. The molecule has 2 aliphatic heterocycles. The van der Waals surface area contributed by atoms with Crippen molar-refractivity contribution in [3.63, 3.8) is 0 Å². The van der Waals surface area contributed by atoms with Crippen LogP contribution in [0, 0.1) is 0 Å². The third kappa shape index (κ3) is 5.34. The van der Waals surface area contributed by atoms with E-state index in [-0.39, 0.29) is 29.9 Å². The molecule has 1 unspecified atom stereocenters. The zero-order valence-electron chi connectivity index (χ0n) is 20.1. The quantitative estimate of drug-likeness (QED) is 0.444. The second-order valence-electron chi connectivity index (χ2n) is 9.06. The summed E-state index contributed by atoms with van der Waals surface area (Å²) in [6.07, 6.45) is -1.00. The van der Waals surface area contributed by atoms with Gasteiger partial charge in [-0.2, -0.15) is 13.2 Å². The van der Waals surface area contributed by atoms with Crippen molar-refractivity contribution in [2.24, 2.45) is 0 Å². The lowest BCUT2D eigenvalue weighted by molar-refractivity contribution is -0.137. The van der Waals surface area contributed by atoms with Crippen molar-refractivity contribution in [3.05, 3.63) is 54.4 Å². The SMILES string of the molecule is O=C(Nc1ccc(OC[C@@H](O)CO)nc1)N1c2nc(-c3cccc(C(F)(F)F)c3)ncc2N2CCCC1C2. The van der Waals surface area contributed by atoms with Crippen LogP contribution >= 0.6 is 0 Å². The number of ether oxygens (including phenoxy) is 1. The molecule has 2 atom stereocenters. The predicted molar refractivity (Wildman–Crippen MR) is 132 cm³/mol. The number of nitrogens with zero attached hydrogens (tertiary/aromatic N) is 5. The van der Waals surface area contributed by atoms with Crippen LogP contribution in [0.25, 0.3) is 11.4 Å². The van der Waals surface area contributed by atoms with E-state index in [1.54, 1.807) is 12.3 Å². The van der Waals surface area contributed by atoms with E-state index in [1.165, 1.54) is 29.3 Å². The molecule has 1 saturated heterocycles. The highest BCUT2D eigenvalue weighted by atomic mass is 19.4. The number of piperidine rings is 1. The molecule has 200 valence electrons. The smallest absolute Gasteiger partial charge is 0.416 e. The molecular weight excluding hydrogens is 505 g/mol. The first kappa shape index (κ1) is 25.7. The van der Waals surface area contributed by atoms with Crippen molar-refractivity contribution in [2.75, 3.05) is 41.4 Å². The van der Waals surface area contributed by atoms with E-state index in [0.717, 1.165) is 31.5 Å². The van der Waals surface area contributed by atoms with Crippen molar-refractivity contribution >= 4 is 23.2 Å². The minimum absolute atomic E-state index is 0.0852. The minimum atomic E-state index is -4.51. The van der Waals surface area contributed by atoms with Gasteiger partial charge in [0, 0.05) is 24.7 Å². The zero-order chi connectivity index (χ0) is 26.9. The monoisotopic (exact) mass is 530 g/mol. The van der Waals surface area contributed by atoms with Crippen LogP contribution in [0.5, 0.6) is 5.88 Å². The molecule has 2 aromatic heterocycles. The van der Waals surface area contributed by atoms with Crippen LogP contribution in [0.4, 0.5) is 35.2 Å². The molecule has 2 bridgehead atoms. The summed E-state index contributed by atoms with van der Waals surface area (Å²) >= 11 is 0. The number of rotatable bonds is 6. The Bertz CT molecular complexity index is 1310. The van der Waals surface area contributed by atoms with Gasteiger partial charge in [-0.25, -0.2) is 19.7 Å². The Morgan fingerprint density at radius 3 is 2.79 bits per heavy atom. The number of anilines is 3. The van der Waals surface area contributed by atoms with E-state index in [2.05, 4.69) is 25.2 Å². The third-order valence-electron chi connectivity index (χ3n) is 6.37. The molecule has 1 fully saturated rings. The van der Waals surface area contributed by atoms with Crippen LogP contribution in [0.15, 0.2) is 48.8 Å². The number of aliphatic hydroxyl groups is 2. The number of alkyl halides is 3. The van der Waals surface area contributed by atoms with Gasteiger partial charge in [0.2, 0.25) is 5.88 Å². The average Bonchev–Trinajstić information content (AvgIpc) is 2.92. The molecule has 13 heteroatoms. The van der Waals surface area contributed by atoms with Crippen LogP contribution < -0.4 is 19.9 Å². The van der Waals surface area contributed by atoms with Crippen LogP contribution in [0.2, 0.25) is 0 Å². The van der Waals surface area contributed by atoms with E-state index in [9.17, 15) is 23.1 Å². The topological polar surface area (TPSA) is 124 Å². The number of hydrogen-bond acceptors (Lipinski definition) is 8. The molecule has 0 spiro atoms. The zero-order valence-corrected chi connectivity index (χ0v) is 20.1. The Balaban J connectivity index is 1.41. The molecule has 10 nitrogen and oxygen atoms in total. The number of fused-ring (bicyclic) bond motifs is 4. The van der Waals surface area contributed by atoms with Gasteiger partial charge in [0.25, 0.3) is 0 Å². The molecule has 1 aromatic carbocycles. The number of pyridine rings is 1. The largest absolute Gasteiger partial charge is 0.475 e. The molecule has 5 rings (SSSR count). The minimum Gasteiger partial charge on any atom is -0.475 e. The first-order chi connectivity index (χ1) is 18.2. The van der Waals surface area contributed by atoms with Crippen molar-refractivity contribution in [3.8, 4) is 17.3 Å². The van der Waals surface area contributed by atoms with Gasteiger partial charge in [-0.05, 0) is 31.0 Å². The van der Waals surface area contributed by atoms with Crippen molar-refractivity contribution in [2.45, 2.75) is 31.2 Å². The summed E-state index contributed by atoms with van der Waals surface area (Å²) < 4.78 is 45.1. The summed E-state index contributed by atoms with van der Waals surface area (Å²) in [7, 11) is 0. The van der Waals surface area contributed by atoms with Crippen LogP contribution in [0.3, 0.4) is 0 Å². The lowest BCUT2D eigenvalue weighted by atomic mass is 10.0. The fourth-order valence-electron chi connectivity index (χ4n) is 4.52. The molecule has 3 N–H and O–H groups in total. The molecule has 3 aromatic rings. The van der Waals surface area contributed by atoms with Crippen LogP contribution in [-0.2, 0) is 6.18 Å². The summed E-state index contributed by atoms with van der Waals surface area (Å²) in [5.41, 5.74) is 0.408. The number of hydrogen-bond donors (Lipinski definition) is 3. The number of urea groups is 1. The van der Waals surface area contributed by atoms with Gasteiger partial charge in [-0.15, -0.1) is 0 Å². The molecule has 38 heavy (non-hydrogen) atoms. The van der Waals surface area contributed by atoms with Crippen molar-refractivity contribution in [1.29, 1.82) is 0 Å². The maximum absolute atomic E-state index is 13.5. The Labute approximate surface area is 215 Å². The van der Waals surface area contributed by atoms with Gasteiger partial charge in [-0.1, -0.05) is 12.1 Å². The fraction of sp³-hybridized carbons (Fsp3) is 0.360. The molecule has 0 radical (unpaired) electrons.